The van der Waals surface area contributed by atoms with Gasteiger partial charge in [0, 0.05) is 85.9 Å². The molecule has 0 bridgehead atoms. The maximum absolute atomic E-state index is 13.5. The summed E-state index contributed by atoms with van der Waals surface area (Å²) in [5, 5.41) is 35.9. The van der Waals surface area contributed by atoms with Gasteiger partial charge in [0.1, 0.15) is 53.4 Å². The minimum absolute atomic E-state index is 0.00278. The summed E-state index contributed by atoms with van der Waals surface area (Å²) in [6.45, 7) is 3.23. The van der Waals surface area contributed by atoms with Gasteiger partial charge in [-0.25, -0.2) is 0 Å². The SMILES string of the molecule is CCNC(=O)C1CC(c2ccc(OCc3cc(-c4ccc(OCc5ccn(C)c5C(=O)N5CCCC5)c(C=O)c4O)sc3C(=O)N(C)C)c(C=O)c2O)OCC1COc1cccc(O)c1C=O. The molecule has 3 aromatic carbocycles. The maximum Gasteiger partial charge on any atom is 0.270 e. The number of hydrogen-bond donors (Lipinski definition) is 4. The Morgan fingerprint density at radius 3 is 2.18 bits per heavy atom. The van der Waals surface area contributed by atoms with Crippen molar-refractivity contribution in [2.45, 2.75) is 45.5 Å². The molecule has 0 spiro atoms. The molecule has 2 aliphatic rings. The summed E-state index contributed by atoms with van der Waals surface area (Å²) < 4.78 is 25.9. The fraction of sp³-hybridized carbons (Fsp3) is 0.347. The second-order valence-corrected chi connectivity index (χ2v) is 17.6. The number of benzene rings is 3. The Bertz CT molecular complexity index is 2680. The fourth-order valence-electron chi connectivity index (χ4n) is 8.38. The van der Waals surface area contributed by atoms with Crippen LogP contribution < -0.4 is 19.5 Å². The zero-order chi connectivity index (χ0) is 47.9. The molecular formula is C49H52N4O13S. The van der Waals surface area contributed by atoms with E-state index in [4.69, 9.17) is 18.9 Å². The van der Waals surface area contributed by atoms with E-state index in [0.717, 1.165) is 24.2 Å². The fourth-order valence-corrected chi connectivity index (χ4v) is 9.60. The van der Waals surface area contributed by atoms with Crippen molar-refractivity contribution >= 4 is 47.9 Å². The van der Waals surface area contributed by atoms with E-state index >= 15 is 0 Å². The second-order valence-electron chi connectivity index (χ2n) is 16.5. The molecule has 17 nitrogen and oxygen atoms in total. The lowest BCUT2D eigenvalue weighted by molar-refractivity contribution is -0.136. The number of hydrogen-bond acceptors (Lipinski definition) is 14. The zero-order valence-electron chi connectivity index (χ0n) is 37.5. The Hall–Kier alpha value is -7.18. The van der Waals surface area contributed by atoms with Gasteiger partial charge in [0.15, 0.2) is 18.9 Å². The Balaban J connectivity index is 1.09. The topological polar surface area (TPSA) is 223 Å². The molecule has 7 rings (SSSR count). The number of rotatable bonds is 18. The van der Waals surface area contributed by atoms with Gasteiger partial charge in [-0.3, -0.25) is 28.8 Å². The monoisotopic (exact) mass is 936 g/mol. The highest BCUT2D eigenvalue weighted by molar-refractivity contribution is 7.17. The summed E-state index contributed by atoms with van der Waals surface area (Å²) in [6.07, 6.45) is 4.35. The predicted molar refractivity (Wildman–Crippen MR) is 245 cm³/mol. The van der Waals surface area contributed by atoms with Gasteiger partial charge in [-0.2, -0.15) is 0 Å². The quantitative estimate of drug-likeness (QED) is 0.0708. The summed E-state index contributed by atoms with van der Waals surface area (Å²) in [4.78, 5) is 80.6. The van der Waals surface area contributed by atoms with Crippen molar-refractivity contribution in [1.29, 1.82) is 0 Å². The van der Waals surface area contributed by atoms with Crippen molar-refractivity contribution in [3.8, 4) is 44.9 Å². The van der Waals surface area contributed by atoms with Gasteiger partial charge in [0.2, 0.25) is 5.91 Å². The van der Waals surface area contributed by atoms with Gasteiger partial charge in [0.25, 0.3) is 11.8 Å². The third-order valence-electron chi connectivity index (χ3n) is 12.0. The molecule has 2 aliphatic heterocycles. The minimum Gasteiger partial charge on any atom is -0.507 e. The zero-order valence-corrected chi connectivity index (χ0v) is 38.3. The number of carbonyl (C=O) groups is 6. The predicted octanol–water partition coefficient (Wildman–Crippen LogP) is 6.31. The lowest BCUT2D eigenvalue weighted by Crippen LogP contribution is -2.43. The van der Waals surface area contributed by atoms with E-state index in [9.17, 15) is 44.1 Å². The van der Waals surface area contributed by atoms with Crippen molar-refractivity contribution in [3.05, 3.63) is 105 Å². The molecule has 0 radical (unpaired) electrons. The van der Waals surface area contributed by atoms with E-state index in [1.165, 1.54) is 41.3 Å². The van der Waals surface area contributed by atoms with Gasteiger partial charge >= 0.3 is 0 Å². The number of thiophene rings is 1. The molecule has 4 N–H and O–H groups in total. The van der Waals surface area contributed by atoms with Crippen LogP contribution in [-0.2, 0) is 29.8 Å². The van der Waals surface area contributed by atoms with Crippen LogP contribution in [0.15, 0.2) is 60.8 Å². The molecule has 67 heavy (non-hydrogen) atoms. The maximum atomic E-state index is 13.5. The summed E-state index contributed by atoms with van der Waals surface area (Å²) in [5.74, 6) is -2.65. The first-order valence-electron chi connectivity index (χ1n) is 21.7. The number of ether oxygens (including phenoxy) is 4. The molecular weight excluding hydrogens is 885 g/mol. The Kier molecular flexibility index (Phi) is 15.0. The normalized spacial score (nSPS) is 16.8. The summed E-state index contributed by atoms with van der Waals surface area (Å²) in [7, 11) is 4.94. The molecule has 3 amide bonds. The summed E-state index contributed by atoms with van der Waals surface area (Å²) in [5.41, 5.74) is 1.67. The van der Waals surface area contributed by atoms with Crippen LogP contribution in [0.1, 0.15) is 100 Å². The lowest BCUT2D eigenvalue weighted by Gasteiger charge is -2.36. The standard InChI is InChI=1S/C49H52N4O13S/c1-5-50-47(60)33-20-41(66-27-30(33)26-65-38-10-8-9-37(57)34(38)21-54)31-11-13-39(35(22-55)44(31)58)64-25-29-19-42(67-46(29)49(62)51(2)3)32-12-14-40(36(23-56)45(32)59)63-24-28-15-18-52(4)43(28)48(61)53-16-6-7-17-53/h8-15,18-19,21-23,30,33,41,57-59H,5-7,16-17,20,24-27H2,1-4H3,(H,50,60). The van der Waals surface area contributed by atoms with Gasteiger partial charge in [-0.05, 0) is 74.7 Å². The average Bonchev–Trinajstić information content (AvgIpc) is 4.10. The summed E-state index contributed by atoms with van der Waals surface area (Å²) in [6, 6.07) is 14.0. The lowest BCUT2D eigenvalue weighted by atomic mass is 9.83. The first kappa shape index (κ1) is 47.8. The molecule has 2 aromatic heterocycles. The number of aryl methyl sites for hydroxylation is 1. The number of likely N-dealkylation sites (tertiary alicyclic amines) is 1. The van der Waals surface area contributed by atoms with Crippen LogP contribution in [-0.4, -0.2) is 113 Å². The number of phenols is 3. The van der Waals surface area contributed by atoms with Crippen LogP contribution in [0.2, 0.25) is 0 Å². The van der Waals surface area contributed by atoms with Crippen LogP contribution in [0.5, 0.6) is 34.5 Å². The van der Waals surface area contributed by atoms with E-state index in [0.29, 0.717) is 60.2 Å². The van der Waals surface area contributed by atoms with Crippen LogP contribution in [0.25, 0.3) is 10.4 Å². The van der Waals surface area contributed by atoms with Gasteiger partial charge in [-0.1, -0.05) is 6.07 Å². The van der Waals surface area contributed by atoms with Crippen molar-refractivity contribution in [2.75, 3.05) is 46.9 Å². The number of nitrogens with one attached hydrogen (secondary N) is 1. The molecule has 3 atom stereocenters. The van der Waals surface area contributed by atoms with Gasteiger partial charge in [-0.15, -0.1) is 11.3 Å². The molecule has 2 fully saturated rings. The summed E-state index contributed by atoms with van der Waals surface area (Å²) >= 11 is 1.06. The number of nitrogens with zero attached hydrogens (tertiary/aromatic N) is 3. The number of aldehydes is 3. The van der Waals surface area contributed by atoms with E-state index in [1.807, 2.05) is 0 Å². The number of aromatic hydroxyl groups is 3. The molecule has 4 heterocycles. The van der Waals surface area contributed by atoms with E-state index in [1.54, 1.807) is 61.9 Å². The van der Waals surface area contributed by atoms with Crippen LogP contribution in [0.4, 0.5) is 0 Å². The van der Waals surface area contributed by atoms with E-state index < -0.39 is 23.7 Å². The van der Waals surface area contributed by atoms with Crippen LogP contribution in [0, 0.1) is 11.8 Å². The molecule has 0 aliphatic carbocycles. The van der Waals surface area contributed by atoms with Gasteiger partial charge in [0.05, 0.1) is 40.9 Å². The van der Waals surface area contributed by atoms with Crippen LogP contribution in [0.3, 0.4) is 0 Å². The first-order chi connectivity index (χ1) is 32.3. The number of carbonyl (C=O) groups excluding carboxylic acids is 6. The molecule has 0 saturated carbocycles. The van der Waals surface area contributed by atoms with Crippen LogP contribution >= 0.6 is 11.3 Å². The smallest absolute Gasteiger partial charge is 0.270 e. The van der Waals surface area contributed by atoms with Crippen molar-refractivity contribution in [3.63, 3.8) is 0 Å². The third-order valence-corrected chi connectivity index (χ3v) is 13.2. The van der Waals surface area contributed by atoms with Crippen molar-refractivity contribution < 1.29 is 63.0 Å². The number of amides is 3. The molecule has 3 unspecified atom stereocenters. The second kappa shape index (κ2) is 21.0. The van der Waals surface area contributed by atoms with Gasteiger partial charge < -0.3 is 54.0 Å². The number of aromatic nitrogens is 1. The average molecular weight is 937 g/mol. The highest BCUT2D eigenvalue weighted by atomic mass is 32.1. The molecule has 352 valence electrons. The third kappa shape index (κ3) is 10.00. The van der Waals surface area contributed by atoms with Crippen molar-refractivity contribution in [1.82, 2.24) is 19.7 Å². The highest BCUT2D eigenvalue weighted by Crippen LogP contribution is 2.44. The van der Waals surface area contributed by atoms with E-state index in [2.05, 4.69) is 5.32 Å². The van der Waals surface area contributed by atoms with Crippen molar-refractivity contribution in [2.24, 2.45) is 18.9 Å². The highest BCUT2D eigenvalue weighted by Gasteiger charge is 2.39. The largest absolute Gasteiger partial charge is 0.507 e. The molecule has 5 aromatic rings. The Labute approximate surface area is 390 Å². The Morgan fingerprint density at radius 2 is 1.51 bits per heavy atom. The number of phenolic OH excluding ortho intramolecular Hbond substituents is 3. The minimum atomic E-state index is -0.813. The Morgan fingerprint density at radius 1 is 0.851 bits per heavy atom. The first-order valence-corrected chi connectivity index (χ1v) is 22.6. The van der Waals surface area contributed by atoms with E-state index in [-0.39, 0.29) is 112 Å². The molecule has 18 heteroatoms. The molecule has 2 saturated heterocycles.